The first-order valence-corrected chi connectivity index (χ1v) is 9.22. The Morgan fingerprint density at radius 3 is 2.70 bits per heavy atom. The maximum absolute atomic E-state index is 12.2. The van der Waals surface area contributed by atoms with Crippen LogP contribution < -0.4 is 0 Å². The number of Topliss-reactive ketones (excluding diaryl/α,β-unsaturated/α-hetero) is 1. The van der Waals surface area contributed by atoms with Crippen LogP contribution in [0.2, 0.25) is 0 Å². The number of halogens is 1. The number of rotatable bonds is 4. The van der Waals surface area contributed by atoms with Gasteiger partial charge in [-0.15, -0.1) is 0 Å². The molecule has 1 saturated heterocycles. The molecule has 2 bridgehead atoms. The van der Waals surface area contributed by atoms with E-state index in [1.165, 1.54) is 5.56 Å². The first-order chi connectivity index (χ1) is 11.2. The van der Waals surface area contributed by atoms with E-state index in [-0.39, 0.29) is 12.0 Å². The van der Waals surface area contributed by atoms with Crippen LogP contribution in [0.4, 0.5) is 0 Å². The first-order valence-electron chi connectivity index (χ1n) is 8.43. The van der Waals surface area contributed by atoms with E-state index in [4.69, 9.17) is 9.47 Å². The molecule has 2 saturated carbocycles. The second-order valence-electron chi connectivity index (χ2n) is 6.79. The highest BCUT2D eigenvalue weighted by atomic mass is 79.9. The third kappa shape index (κ3) is 3.12. The van der Waals surface area contributed by atoms with E-state index in [1.807, 2.05) is 12.1 Å². The standard InChI is InChI=1S/C18H22BrNO3/c19-13-3-1-12(2-4-13)11-23-17-10-14-16(21)9-15(17)18(14)20-5-7-22-8-6-20/h1-4,14-15,17-18H,5-11H2/t14-,15-,17-,18?/m1/s1. The highest BCUT2D eigenvalue weighted by molar-refractivity contribution is 9.10. The van der Waals surface area contributed by atoms with Crippen LogP contribution in [-0.2, 0) is 20.9 Å². The van der Waals surface area contributed by atoms with Crippen LogP contribution in [-0.4, -0.2) is 49.1 Å². The van der Waals surface area contributed by atoms with Crippen molar-refractivity contribution in [2.45, 2.75) is 31.6 Å². The highest BCUT2D eigenvalue weighted by Crippen LogP contribution is 2.47. The molecule has 4 rings (SSSR count). The molecule has 3 fully saturated rings. The van der Waals surface area contributed by atoms with Crippen LogP contribution in [0.1, 0.15) is 18.4 Å². The Labute approximate surface area is 145 Å². The predicted molar refractivity (Wildman–Crippen MR) is 90.1 cm³/mol. The number of benzene rings is 1. The van der Waals surface area contributed by atoms with E-state index in [0.29, 0.717) is 30.8 Å². The average molecular weight is 380 g/mol. The van der Waals surface area contributed by atoms with E-state index >= 15 is 0 Å². The average Bonchev–Trinajstić information content (AvgIpc) is 3.09. The molecular formula is C18H22BrNO3. The zero-order valence-corrected chi connectivity index (χ0v) is 14.7. The predicted octanol–water partition coefficient (Wildman–Crippen LogP) is 2.64. The van der Waals surface area contributed by atoms with Gasteiger partial charge in [0.25, 0.3) is 0 Å². The molecule has 0 radical (unpaired) electrons. The van der Waals surface area contributed by atoms with Gasteiger partial charge in [-0.1, -0.05) is 28.1 Å². The van der Waals surface area contributed by atoms with Gasteiger partial charge in [0.2, 0.25) is 0 Å². The summed E-state index contributed by atoms with van der Waals surface area (Å²) in [5.41, 5.74) is 1.19. The summed E-state index contributed by atoms with van der Waals surface area (Å²) in [4.78, 5) is 14.7. The Kier molecular flexibility index (Phi) is 4.54. The summed E-state index contributed by atoms with van der Waals surface area (Å²) in [6.45, 7) is 4.10. The van der Waals surface area contributed by atoms with Crippen molar-refractivity contribution in [3.8, 4) is 0 Å². The fourth-order valence-electron chi connectivity index (χ4n) is 4.42. The van der Waals surface area contributed by atoms with Crippen molar-refractivity contribution >= 4 is 21.7 Å². The van der Waals surface area contributed by atoms with Crippen molar-refractivity contribution in [2.24, 2.45) is 11.8 Å². The summed E-state index contributed by atoms with van der Waals surface area (Å²) in [5.74, 6) is 0.976. The van der Waals surface area contributed by atoms with Gasteiger partial charge in [0, 0.05) is 41.9 Å². The van der Waals surface area contributed by atoms with Crippen molar-refractivity contribution in [1.29, 1.82) is 0 Å². The smallest absolute Gasteiger partial charge is 0.138 e. The van der Waals surface area contributed by atoms with Crippen molar-refractivity contribution in [1.82, 2.24) is 4.90 Å². The summed E-state index contributed by atoms with van der Waals surface area (Å²) in [6, 6.07) is 8.63. The van der Waals surface area contributed by atoms with Crippen molar-refractivity contribution in [3.05, 3.63) is 34.3 Å². The molecule has 1 unspecified atom stereocenters. The van der Waals surface area contributed by atoms with Gasteiger partial charge in [-0.2, -0.15) is 0 Å². The zero-order valence-electron chi connectivity index (χ0n) is 13.1. The van der Waals surface area contributed by atoms with Crippen LogP contribution in [0.5, 0.6) is 0 Å². The molecule has 23 heavy (non-hydrogen) atoms. The number of morpholine rings is 1. The lowest BCUT2D eigenvalue weighted by Crippen LogP contribution is -2.46. The second kappa shape index (κ2) is 6.63. The van der Waals surface area contributed by atoms with Crippen LogP contribution >= 0.6 is 15.9 Å². The lowest BCUT2D eigenvalue weighted by atomic mass is 9.96. The SMILES string of the molecule is O=C1C[C@H]2C(N3CCOCC3)[C@@H]1C[C@H]2OCc1ccc(Br)cc1. The largest absolute Gasteiger partial charge is 0.379 e. The Hall–Kier alpha value is -0.750. The van der Waals surface area contributed by atoms with Crippen LogP contribution in [0.3, 0.4) is 0 Å². The van der Waals surface area contributed by atoms with E-state index < -0.39 is 0 Å². The monoisotopic (exact) mass is 379 g/mol. The van der Waals surface area contributed by atoms with Crippen LogP contribution in [0, 0.1) is 11.8 Å². The van der Waals surface area contributed by atoms with E-state index in [1.54, 1.807) is 0 Å². The number of fused-ring (bicyclic) bond motifs is 2. The molecule has 0 amide bonds. The summed E-state index contributed by atoms with van der Waals surface area (Å²) in [6.07, 6.45) is 1.80. The Bertz CT molecular complexity index is 570. The molecule has 4 nitrogen and oxygen atoms in total. The van der Waals surface area contributed by atoms with E-state index in [2.05, 4.69) is 33.0 Å². The molecule has 2 aliphatic carbocycles. The molecule has 4 atom stereocenters. The number of ether oxygens (including phenoxy) is 2. The lowest BCUT2D eigenvalue weighted by Gasteiger charge is -2.34. The fraction of sp³-hybridized carbons (Fsp3) is 0.611. The third-order valence-corrected chi connectivity index (χ3v) is 6.04. The number of nitrogens with zero attached hydrogens (tertiary/aromatic N) is 1. The Balaban J connectivity index is 1.41. The van der Waals surface area contributed by atoms with Gasteiger partial charge in [-0.3, -0.25) is 9.69 Å². The van der Waals surface area contributed by atoms with Crippen LogP contribution in [0.15, 0.2) is 28.7 Å². The minimum Gasteiger partial charge on any atom is -0.379 e. The van der Waals surface area contributed by atoms with E-state index in [9.17, 15) is 4.79 Å². The van der Waals surface area contributed by atoms with Gasteiger partial charge in [-0.05, 0) is 24.1 Å². The third-order valence-electron chi connectivity index (χ3n) is 5.51. The number of hydrogen-bond acceptors (Lipinski definition) is 4. The van der Waals surface area contributed by atoms with Gasteiger partial charge in [-0.25, -0.2) is 0 Å². The number of carbonyl (C=O) groups is 1. The van der Waals surface area contributed by atoms with Crippen molar-refractivity contribution in [3.63, 3.8) is 0 Å². The fourth-order valence-corrected chi connectivity index (χ4v) is 4.68. The summed E-state index contributed by atoms with van der Waals surface area (Å²) >= 11 is 3.45. The molecule has 1 aromatic carbocycles. The number of carbonyl (C=O) groups excluding carboxylic acids is 1. The van der Waals surface area contributed by atoms with Gasteiger partial charge in [0.15, 0.2) is 0 Å². The molecular weight excluding hydrogens is 358 g/mol. The first kappa shape index (κ1) is 15.8. The molecule has 1 heterocycles. The molecule has 124 valence electrons. The van der Waals surface area contributed by atoms with Crippen LogP contribution in [0.25, 0.3) is 0 Å². The van der Waals surface area contributed by atoms with Gasteiger partial charge in [0.1, 0.15) is 5.78 Å². The minimum absolute atomic E-state index is 0.174. The number of ketones is 1. The second-order valence-corrected chi connectivity index (χ2v) is 7.71. The zero-order chi connectivity index (χ0) is 15.8. The molecule has 1 aliphatic heterocycles. The van der Waals surface area contributed by atoms with Gasteiger partial charge >= 0.3 is 0 Å². The normalized spacial score (nSPS) is 34.2. The van der Waals surface area contributed by atoms with E-state index in [0.717, 1.165) is 37.2 Å². The Morgan fingerprint density at radius 1 is 1.22 bits per heavy atom. The topological polar surface area (TPSA) is 38.8 Å². The Morgan fingerprint density at radius 2 is 1.96 bits per heavy atom. The number of hydrogen-bond donors (Lipinski definition) is 0. The quantitative estimate of drug-likeness (QED) is 0.805. The molecule has 5 heteroatoms. The summed E-state index contributed by atoms with van der Waals surface area (Å²) < 4.78 is 12.7. The van der Waals surface area contributed by atoms with Crippen molar-refractivity contribution in [2.75, 3.05) is 26.3 Å². The summed E-state index contributed by atoms with van der Waals surface area (Å²) in [5, 5.41) is 0. The summed E-state index contributed by atoms with van der Waals surface area (Å²) in [7, 11) is 0. The molecule has 1 aromatic rings. The molecule has 0 N–H and O–H groups in total. The van der Waals surface area contributed by atoms with Gasteiger partial charge in [0.05, 0.1) is 25.9 Å². The highest BCUT2D eigenvalue weighted by Gasteiger charge is 2.55. The maximum Gasteiger partial charge on any atom is 0.138 e. The lowest BCUT2D eigenvalue weighted by molar-refractivity contribution is -0.124. The molecule has 0 aromatic heterocycles. The van der Waals surface area contributed by atoms with Gasteiger partial charge < -0.3 is 9.47 Å². The molecule has 3 aliphatic rings. The minimum atomic E-state index is 0.174. The van der Waals surface area contributed by atoms with Crippen molar-refractivity contribution < 1.29 is 14.3 Å². The molecule has 0 spiro atoms. The maximum atomic E-state index is 12.2.